The average Bonchev–Trinajstić information content (AvgIpc) is 2.78. The molecule has 2 heterocycles. The van der Waals surface area contributed by atoms with Gasteiger partial charge in [-0.15, -0.1) is 0 Å². The highest BCUT2D eigenvalue weighted by atomic mass is 79.9. The lowest BCUT2D eigenvalue weighted by molar-refractivity contribution is 0.0942. The molecule has 0 aromatic carbocycles. The Labute approximate surface area is 120 Å². The summed E-state index contributed by atoms with van der Waals surface area (Å²) in [6, 6.07) is 1.80. The van der Waals surface area contributed by atoms with Crippen molar-refractivity contribution >= 4 is 21.8 Å². The molecule has 2 aromatic rings. The van der Waals surface area contributed by atoms with Crippen LogP contribution in [0.4, 0.5) is 0 Å². The molecular weight excluding hydrogens is 308 g/mol. The summed E-state index contributed by atoms with van der Waals surface area (Å²) in [5.41, 5.74) is 3.73. The zero-order valence-corrected chi connectivity index (χ0v) is 13.1. The third kappa shape index (κ3) is 2.73. The fraction of sp³-hybridized carbons (Fsp3) is 0.385. The first-order valence-electron chi connectivity index (χ1n) is 5.99. The van der Waals surface area contributed by atoms with Crippen molar-refractivity contribution in [1.82, 2.24) is 19.7 Å². The summed E-state index contributed by atoms with van der Waals surface area (Å²) in [7, 11) is 3.75. The van der Waals surface area contributed by atoms with Gasteiger partial charge in [0.2, 0.25) is 0 Å². The molecular formula is C13H17BrN4O. The third-order valence-corrected chi connectivity index (χ3v) is 3.72. The van der Waals surface area contributed by atoms with Gasteiger partial charge in [0.05, 0.1) is 5.69 Å². The normalized spacial score (nSPS) is 10.8. The maximum Gasteiger partial charge on any atom is 0.268 e. The molecule has 0 unspecified atom stereocenters. The molecule has 1 amide bonds. The van der Waals surface area contributed by atoms with Crippen molar-refractivity contribution in [3.05, 3.63) is 39.4 Å². The lowest BCUT2D eigenvalue weighted by Gasteiger charge is -2.06. The first-order chi connectivity index (χ1) is 8.90. The summed E-state index contributed by atoms with van der Waals surface area (Å²) in [5, 5.41) is 7.27. The maximum atomic E-state index is 12.1. The Morgan fingerprint density at radius 2 is 2.11 bits per heavy atom. The van der Waals surface area contributed by atoms with Crippen LogP contribution in [0.15, 0.2) is 16.7 Å². The molecule has 0 fully saturated rings. The van der Waals surface area contributed by atoms with Crippen LogP contribution in [0.5, 0.6) is 0 Å². The lowest BCUT2D eigenvalue weighted by Crippen LogP contribution is -2.25. The number of aryl methyl sites for hydroxylation is 3. The first kappa shape index (κ1) is 13.9. The van der Waals surface area contributed by atoms with E-state index in [1.807, 2.05) is 38.8 Å². The minimum Gasteiger partial charge on any atom is -0.347 e. The number of carbonyl (C=O) groups excluding carboxylic acids is 1. The number of halogens is 1. The van der Waals surface area contributed by atoms with E-state index in [1.165, 1.54) is 0 Å². The van der Waals surface area contributed by atoms with Crippen LogP contribution in [-0.4, -0.2) is 20.3 Å². The quantitative estimate of drug-likeness (QED) is 0.939. The molecule has 6 heteroatoms. The van der Waals surface area contributed by atoms with E-state index in [4.69, 9.17) is 0 Å². The fourth-order valence-corrected chi connectivity index (χ4v) is 2.61. The molecule has 0 saturated carbocycles. The topological polar surface area (TPSA) is 51.9 Å². The van der Waals surface area contributed by atoms with E-state index in [1.54, 1.807) is 10.6 Å². The SMILES string of the molecule is Cc1nn(C)c(C)c1CNC(=O)c1cc(Br)cn1C. The smallest absolute Gasteiger partial charge is 0.268 e. The van der Waals surface area contributed by atoms with Crippen LogP contribution in [0.2, 0.25) is 0 Å². The summed E-state index contributed by atoms with van der Waals surface area (Å²) in [5.74, 6) is -0.0872. The number of nitrogens with one attached hydrogen (secondary N) is 1. The molecule has 2 rings (SSSR count). The van der Waals surface area contributed by atoms with Crippen molar-refractivity contribution in [2.24, 2.45) is 14.1 Å². The Kier molecular flexibility index (Phi) is 3.80. The van der Waals surface area contributed by atoms with E-state index in [0.717, 1.165) is 21.4 Å². The molecule has 102 valence electrons. The zero-order chi connectivity index (χ0) is 14.2. The predicted octanol–water partition coefficient (Wildman–Crippen LogP) is 2.07. The maximum absolute atomic E-state index is 12.1. The van der Waals surface area contributed by atoms with E-state index in [-0.39, 0.29) is 5.91 Å². The molecule has 0 aliphatic rings. The molecule has 0 atom stereocenters. The number of hydrogen-bond acceptors (Lipinski definition) is 2. The van der Waals surface area contributed by atoms with Crippen LogP contribution in [0.1, 0.15) is 27.4 Å². The van der Waals surface area contributed by atoms with Crippen molar-refractivity contribution in [3.8, 4) is 0 Å². The Morgan fingerprint density at radius 1 is 1.42 bits per heavy atom. The molecule has 2 aromatic heterocycles. The largest absolute Gasteiger partial charge is 0.347 e. The fourth-order valence-electron chi connectivity index (χ4n) is 2.08. The van der Waals surface area contributed by atoms with Crippen LogP contribution >= 0.6 is 15.9 Å². The summed E-state index contributed by atoms with van der Waals surface area (Å²) < 4.78 is 4.52. The van der Waals surface area contributed by atoms with Gasteiger partial charge in [0, 0.05) is 42.6 Å². The highest BCUT2D eigenvalue weighted by Gasteiger charge is 2.13. The molecule has 0 bridgehead atoms. The number of amides is 1. The van der Waals surface area contributed by atoms with Gasteiger partial charge >= 0.3 is 0 Å². The van der Waals surface area contributed by atoms with Crippen LogP contribution in [-0.2, 0) is 20.6 Å². The minimum absolute atomic E-state index is 0.0872. The van der Waals surface area contributed by atoms with E-state index in [2.05, 4.69) is 26.3 Å². The second-order valence-electron chi connectivity index (χ2n) is 4.61. The van der Waals surface area contributed by atoms with Crippen LogP contribution in [0.3, 0.4) is 0 Å². The molecule has 0 saturated heterocycles. The first-order valence-corrected chi connectivity index (χ1v) is 6.78. The molecule has 5 nitrogen and oxygen atoms in total. The van der Waals surface area contributed by atoms with Crippen LogP contribution in [0.25, 0.3) is 0 Å². The Balaban J connectivity index is 2.11. The van der Waals surface area contributed by atoms with Crippen molar-refractivity contribution < 1.29 is 4.79 Å². The number of aromatic nitrogens is 3. The van der Waals surface area contributed by atoms with Crippen LogP contribution in [0, 0.1) is 13.8 Å². The summed E-state index contributed by atoms with van der Waals surface area (Å²) >= 11 is 3.36. The van der Waals surface area contributed by atoms with Gasteiger partial charge in [-0.2, -0.15) is 5.10 Å². The number of nitrogens with zero attached hydrogens (tertiary/aromatic N) is 3. The molecule has 0 radical (unpaired) electrons. The van der Waals surface area contributed by atoms with Crippen molar-refractivity contribution in [2.75, 3.05) is 0 Å². The molecule has 0 aliphatic carbocycles. The Morgan fingerprint density at radius 3 is 2.58 bits per heavy atom. The van der Waals surface area contributed by atoms with Gasteiger partial charge < -0.3 is 9.88 Å². The van der Waals surface area contributed by atoms with Crippen LogP contribution < -0.4 is 5.32 Å². The minimum atomic E-state index is -0.0872. The molecule has 0 aliphatic heterocycles. The highest BCUT2D eigenvalue weighted by Crippen LogP contribution is 2.15. The van der Waals surface area contributed by atoms with Gasteiger partial charge in [0.1, 0.15) is 5.69 Å². The van der Waals surface area contributed by atoms with E-state index < -0.39 is 0 Å². The Bertz CT molecular complexity index is 627. The van der Waals surface area contributed by atoms with Crippen molar-refractivity contribution in [3.63, 3.8) is 0 Å². The number of rotatable bonds is 3. The van der Waals surface area contributed by atoms with Gasteiger partial charge in [-0.1, -0.05) is 0 Å². The van der Waals surface area contributed by atoms with Crippen molar-refractivity contribution in [2.45, 2.75) is 20.4 Å². The second kappa shape index (κ2) is 5.21. The third-order valence-electron chi connectivity index (χ3n) is 3.29. The molecule has 1 N–H and O–H groups in total. The number of carbonyl (C=O) groups is 1. The van der Waals surface area contributed by atoms with E-state index >= 15 is 0 Å². The average molecular weight is 325 g/mol. The van der Waals surface area contributed by atoms with E-state index in [9.17, 15) is 4.79 Å². The Hall–Kier alpha value is -1.56. The summed E-state index contributed by atoms with van der Waals surface area (Å²) in [6.07, 6.45) is 1.86. The van der Waals surface area contributed by atoms with Crippen molar-refractivity contribution in [1.29, 1.82) is 0 Å². The summed E-state index contributed by atoms with van der Waals surface area (Å²) in [6.45, 7) is 4.45. The summed E-state index contributed by atoms with van der Waals surface area (Å²) in [4.78, 5) is 12.1. The zero-order valence-electron chi connectivity index (χ0n) is 11.5. The van der Waals surface area contributed by atoms with Gasteiger partial charge in [0.25, 0.3) is 5.91 Å². The highest BCUT2D eigenvalue weighted by molar-refractivity contribution is 9.10. The lowest BCUT2D eigenvalue weighted by atomic mass is 10.2. The van der Waals surface area contributed by atoms with Gasteiger partial charge in [0.15, 0.2) is 0 Å². The standard InChI is InChI=1S/C13H17BrN4O/c1-8-11(9(2)18(4)16-8)6-15-13(19)12-5-10(14)7-17(12)3/h5,7H,6H2,1-4H3,(H,15,19). The van der Waals surface area contributed by atoms with Gasteiger partial charge in [-0.05, 0) is 35.8 Å². The number of hydrogen-bond donors (Lipinski definition) is 1. The van der Waals surface area contributed by atoms with Gasteiger partial charge in [-0.3, -0.25) is 9.48 Å². The molecule has 0 spiro atoms. The monoisotopic (exact) mass is 324 g/mol. The predicted molar refractivity (Wildman–Crippen MR) is 77.0 cm³/mol. The second-order valence-corrected chi connectivity index (χ2v) is 5.53. The van der Waals surface area contributed by atoms with E-state index in [0.29, 0.717) is 12.2 Å². The molecule has 19 heavy (non-hydrogen) atoms. The van der Waals surface area contributed by atoms with Gasteiger partial charge in [-0.25, -0.2) is 0 Å².